The molecule has 0 spiro atoms. The average molecular weight is 461 g/mol. The highest BCUT2D eigenvalue weighted by Gasteiger charge is 2.23. The number of nitrogens with zero attached hydrogens (tertiary/aromatic N) is 2. The number of carbonyl (C=O) groups is 1. The average Bonchev–Trinajstić information content (AvgIpc) is 3.18. The molecule has 2 aromatic carbocycles. The summed E-state index contributed by atoms with van der Waals surface area (Å²) in [7, 11) is -3.87. The summed E-state index contributed by atoms with van der Waals surface area (Å²) in [5, 5.41) is 6.54. The minimum atomic E-state index is -3.87. The van der Waals surface area contributed by atoms with Gasteiger partial charge in [0.05, 0.1) is 10.5 Å². The molecule has 0 saturated carbocycles. The van der Waals surface area contributed by atoms with Crippen LogP contribution in [-0.2, 0) is 15.4 Å². The molecule has 0 saturated heterocycles. The molecule has 1 aromatic heterocycles. The summed E-state index contributed by atoms with van der Waals surface area (Å²) in [5.41, 5.74) is 0.414. The van der Waals surface area contributed by atoms with Crippen molar-refractivity contribution in [1.29, 1.82) is 0 Å². The van der Waals surface area contributed by atoms with Crippen molar-refractivity contribution in [3.8, 4) is 11.4 Å². The van der Waals surface area contributed by atoms with Crippen LogP contribution in [0.3, 0.4) is 0 Å². The van der Waals surface area contributed by atoms with Gasteiger partial charge in [-0.05, 0) is 56.3 Å². The van der Waals surface area contributed by atoms with Crippen molar-refractivity contribution in [3.63, 3.8) is 0 Å². The molecule has 3 aromatic rings. The Kier molecular flexibility index (Phi) is 6.47. The molecule has 1 amide bonds. The fourth-order valence-corrected chi connectivity index (χ4v) is 4.05. The molecule has 0 radical (unpaired) electrons. The number of amides is 1. The van der Waals surface area contributed by atoms with Gasteiger partial charge in [0.2, 0.25) is 21.7 Å². The summed E-state index contributed by atoms with van der Waals surface area (Å²) in [5.74, 6) is -0.688. The van der Waals surface area contributed by atoms with E-state index in [4.69, 9.17) is 4.52 Å². The smallest absolute Gasteiger partial charge is 0.258 e. The van der Waals surface area contributed by atoms with E-state index in [0.717, 1.165) is 18.2 Å². The summed E-state index contributed by atoms with van der Waals surface area (Å²) in [6.07, 6.45) is 0. The third kappa shape index (κ3) is 5.38. The van der Waals surface area contributed by atoms with Gasteiger partial charge in [-0.15, -0.1) is 0 Å². The molecule has 0 unspecified atom stereocenters. The number of sulfonamides is 1. The number of hydrogen-bond donors (Lipinski definition) is 2. The lowest BCUT2D eigenvalue weighted by molar-refractivity contribution is 0.102. The normalized spacial score (nSPS) is 12.2. The first kappa shape index (κ1) is 23.6. The van der Waals surface area contributed by atoms with E-state index >= 15 is 0 Å². The zero-order chi connectivity index (χ0) is 23.7. The van der Waals surface area contributed by atoms with E-state index in [1.54, 1.807) is 38.1 Å². The van der Waals surface area contributed by atoms with E-state index in [1.165, 1.54) is 0 Å². The fourth-order valence-electron chi connectivity index (χ4n) is 2.77. The van der Waals surface area contributed by atoms with Crippen molar-refractivity contribution in [2.45, 2.75) is 51.0 Å². The summed E-state index contributed by atoms with van der Waals surface area (Å²) < 4.78 is 46.6. The van der Waals surface area contributed by atoms with Crippen molar-refractivity contribution in [1.82, 2.24) is 14.9 Å². The Bertz CT molecular complexity index is 1230. The maximum Gasteiger partial charge on any atom is 0.258 e. The van der Waals surface area contributed by atoms with Gasteiger partial charge in [-0.25, -0.2) is 17.5 Å². The Morgan fingerprint density at radius 1 is 1.09 bits per heavy atom. The molecule has 8 nitrogen and oxygen atoms in total. The Balaban J connectivity index is 1.79. The number of anilines is 1. The second-order valence-corrected chi connectivity index (χ2v) is 10.3. The molecule has 1 heterocycles. The summed E-state index contributed by atoms with van der Waals surface area (Å²) in [4.78, 5) is 16.8. The van der Waals surface area contributed by atoms with Crippen LogP contribution in [0.25, 0.3) is 11.4 Å². The third-order valence-corrected chi connectivity index (χ3v) is 6.01. The highest BCUT2D eigenvalue weighted by molar-refractivity contribution is 7.89. The number of rotatable bonds is 6. The minimum absolute atomic E-state index is 0.195. The van der Waals surface area contributed by atoms with Gasteiger partial charge in [0.1, 0.15) is 5.82 Å². The Morgan fingerprint density at radius 2 is 1.75 bits per heavy atom. The topological polar surface area (TPSA) is 114 Å². The molecular weight excluding hydrogens is 435 g/mol. The zero-order valence-corrected chi connectivity index (χ0v) is 19.2. The van der Waals surface area contributed by atoms with Crippen LogP contribution < -0.4 is 10.0 Å². The standard InChI is InChI=1S/C22H25FN4O4S/c1-13(2)27-32(29,30)16-10-11-18(23)17(12-16)20(28)24-15-8-6-14(7-9-15)19-25-21(31-26-19)22(3,4)5/h6-13,27H,1-5H3,(H,24,28). The lowest BCUT2D eigenvalue weighted by Gasteiger charge is -2.12. The number of halogens is 1. The van der Waals surface area contributed by atoms with Crippen LogP contribution in [0.1, 0.15) is 50.9 Å². The summed E-state index contributed by atoms with van der Waals surface area (Å²) in [6.45, 7) is 9.21. The first-order valence-corrected chi connectivity index (χ1v) is 11.4. The summed E-state index contributed by atoms with van der Waals surface area (Å²) >= 11 is 0. The Labute approximate surface area is 186 Å². The van der Waals surface area contributed by atoms with Gasteiger partial charge in [0.15, 0.2) is 0 Å². The van der Waals surface area contributed by atoms with E-state index in [2.05, 4.69) is 20.2 Å². The number of nitrogens with one attached hydrogen (secondary N) is 2. The zero-order valence-electron chi connectivity index (χ0n) is 18.4. The van der Waals surface area contributed by atoms with Crippen LogP contribution in [0.5, 0.6) is 0 Å². The minimum Gasteiger partial charge on any atom is -0.338 e. The molecular formula is C22H25FN4O4S. The first-order valence-electron chi connectivity index (χ1n) is 9.94. The van der Waals surface area contributed by atoms with Crippen molar-refractivity contribution in [3.05, 3.63) is 59.7 Å². The lowest BCUT2D eigenvalue weighted by atomic mass is 9.97. The van der Waals surface area contributed by atoms with Crippen LogP contribution in [0, 0.1) is 5.82 Å². The second-order valence-electron chi connectivity index (χ2n) is 8.62. The van der Waals surface area contributed by atoms with Crippen molar-refractivity contribution in [2.24, 2.45) is 0 Å². The molecule has 0 bridgehead atoms. The second kappa shape index (κ2) is 8.79. The van der Waals surface area contributed by atoms with Crippen LogP contribution >= 0.6 is 0 Å². The largest absolute Gasteiger partial charge is 0.338 e. The molecule has 2 N–H and O–H groups in total. The molecule has 170 valence electrons. The lowest BCUT2D eigenvalue weighted by Crippen LogP contribution is -2.30. The predicted octanol–water partition coefficient (Wildman–Crippen LogP) is 4.11. The molecule has 10 heteroatoms. The van der Waals surface area contributed by atoms with Crippen LogP contribution in [0.4, 0.5) is 10.1 Å². The van der Waals surface area contributed by atoms with E-state index in [1.807, 2.05) is 20.8 Å². The van der Waals surface area contributed by atoms with Gasteiger partial charge in [-0.1, -0.05) is 25.9 Å². The van der Waals surface area contributed by atoms with Gasteiger partial charge in [-0.3, -0.25) is 4.79 Å². The maximum absolute atomic E-state index is 14.3. The monoisotopic (exact) mass is 460 g/mol. The van der Waals surface area contributed by atoms with Gasteiger partial charge in [0, 0.05) is 22.7 Å². The molecule has 32 heavy (non-hydrogen) atoms. The van der Waals surface area contributed by atoms with Crippen molar-refractivity contribution < 1.29 is 22.1 Å². The van der Waals surface area contributed by atoms with Crippen molar-refractivity contribution >= 4 is 21.6 Å². The van der Waals surface area contributed by atoms with Crippen LogP contribution in [0.15, 0.2) is 51.9 Å². The first-order chi connectivity index (χ1) is 14.9. The predicted molar refractivity (Wildman–Crippen MR) is 118 cm³/mol. The maximum atomic E-state index is 14.3. The highest BCUT2D eigenvalue weighted by atomic mass is 32.2. The molecule has 0 aliphatic heterocycles. The number of benzene rings is 2. The molecule has 3 rings (SSSR count). The van der Waals surface area contributed by atoms with Gasteiger partial charge in [0.25, 0.3) is 5.91 Å². The van der Waals surface area contributed by atoms with Crippen molar-refractivity contribution in [2.75, 3.05) is 5.32 Å². The van der Waals surface area contributed by atoms with Crippen LogP contribution in [-0.4, -0.2) is 30.5 Å². The van der Waals surface area contributed by atoms with Crippen LogP contribution in [0.2, 0.25) is 0 Å². The summed E-state index contributed by atoms with van der Waals surface area (Å²) in [6, 6.07) is 9.33. The van der Waals surface area contributed by atoms with Gasteiger partial charge >= 0.3 is 0 Å². The number of hydrogen-bond acceptors (Lipinski definition) is 6. The molecule has 0 atom stereocenters. The number of aromatic nitrogens is 2. The number of carbonyl (C=O) groups excluding carboxylic acids is 1. The van der Waals surface area contributed by atoms with E-state index in [9.17, 15) is 17.6 Å². The quantitative estimate of drug-likeness (QED) is 0.572. The van der Waals surface area contributed by atoms with Gasteiger partial charge in [-0.2, -0.15) is 4.98 Å². The van der Waals surface area contributed by atoms with E-state index in [-0.39, 0.29) is 21.9 Å². The SMILES string of the molecule is CC(C)NS(=O)(=O)c1ccc(F)c(C(=O)Nc2ccc(-c3noc(C(C)(C)C)n3)cc2)c1. The van der Waals surface area contributed by atoms with E-state index in [0.29, 0.717) is 23.0 Å². The van der Waals surface area contributed by atoms with Gasteiger partial charge < -0.3 is 9.84 Å². The molecule has 0 aliphatic carbocycles. The third-order valence-electron chi connectivity index (χ3n) is 4.35. The fraction of sp³-hybridized carbons (Fsp3) is 0.318. The highest BCUT2D eigenvalue weighted by Crippen LogP contribution is 2.25. The molecule has 0 aliphatic rings. The Morgan fingerprint density at radius 3 is 2.31 bits per heavy atom. The van der Waals surface area contributed by atoms with E-state index < -0.39 is 21.7 Å². The Hall–Kier alpha value is -3.11. The molecule has 0 fully saturated rings.